The van der Waals surface area contributed by atoms with Crippen LogP contribution in [0.1, 0.15) is 30.6 Å². The molecule has 1 aromatic heterocycles. The molecular weight excluding hydrogens is 250 g/mol. The summed E-state index contributed by atoms with van der Waals surface area (Å²) in [4.78, 5) is 1.50. The number of hydrogen-bond donors (Lipinski definition) is 1. The number of rotatable bonds is 1. The Labute approximate surface area is 111 Å². The monoisotopic (exact) mass is 265 g/mol. The minimum atomic E-state index is 0.634. The summed E-state index contributed by atoms with van der Waals surface area (Å²) in [6.07, 6.45) is 2.49. The summed E-state index contributed by atoms with van der Waals surface area (Å²) in [5.74, 6) is 0.708. The summed E-state index contributed by atoms with van der Waals surface area (Å²) < 4.78 is 1.32. The van der Waals surface area contributed by atoms with Gasteiger partial charge in [-0.3, -0.25) is 0 Å². The second-order valence-electron chi connectivity index (χ2n) is 4.88. The van der Waals surface area contributed by atoms with Crippen LogP contribution >= 0.6 is 22.9 Å². The first-order chi connectivity index (χ1) is 8.24. The minimum Gasteiger partial charge on any atom is -0.314 e. The van der Waals surface area contributed by atoms with Crippen molar-refractivity contribution >= 4 is 33.0 Å². The summed E-state index contributed by atoms with van der Waals surface area (Å²) in [5.41, 5.74) is 0. The van der Waals surface area contributed by atoms with Crippen LogP contribution in [0, 0.1) is 0 Å². The summed E-state index contributed by atoms with van der Waals surface area (Å²) in [5, 5.41) is 5.61. The van der Waals surface area contributed by atoms with E-state index in [0.29, 0.717) is 12.0 Å². The molecule has 0 saturated carbocycles. The van der Waals surface area contributed by atoms with Crippen molar-refractivity contribution in [3.05, 3.63) is 34.2 Å². The fraction of sp³-hybridized carbons (Fsp3) is 0.429. The topological polar surface area (TPSA) is 12.0 Å². The first-order valence-corrected chi connectivity index (χ1v) is 7.35. The van der Waals surface area contributed by atoms with E-state index in [-0.39, 0.29) is 0 Å². The molecule has 1 aliphatic heterocycles. The van der Waals surface area contributed by atoms with Crippen LogP contribution in [0.15, 0.2) is 24.3 Å². The van der Waals surface area contributed by atoms with Crippen molar-refractivity contribution in [1.82, 2.24) is 5.32 Å². The third-order valence-corrected chi connectivity index (χ3v) is 5.15. The summed E-state index contributed by atoms with van der Waals surface area (Å²) >= 11 is 8.14. The van der Waals surface area contributed by atoms with Gasteiger partial charge in [-0.15, -0.1) is 11.3 Å². The van der Waals surface area contributed by atoms with Crippen molar-refractivity contribution in [1.29, 1.82) is 0 Å². The molecule has 1 aromatic carbocycles. The lowest BCUT2D eigenvalue weighted by Crippen LogP contribution is -2.34. The Kier molecular flexibility index (Phi) is 3.12. The van der Waals surface area contributed by atoms with E-state index < -0.39 is 0 Å². The fourth-order valence-corrected chi connectivity index (χ4v) is 4.16. The molecule has 0 bridgehead atoms. The average Bonchev–Trinajstić information content (AvgIpc) is 2.74. The predicted molar refractivity (Wildman–Crippen MR) is 76.3 cm³/mol. The Balaban J connectivity index is 1.97. The normalized spacial score (nSPS) is 25.3. The van der Waals surface area contributed by atoms with Crippen LogP contribution in [0.5, 0.6) is 0 Å². The summed E-state index contributed by atoms with van der Waals surface area (Å²) in [7, 11) is 0. The molecular formula is C14H16ClNS. The molecule has 0 unspecified atom stereocenters. The van der Waals surface area contributed by atoms with Crippen molar-refractivity contribution in [3.8, 4) is 0 Å². The van der Waals surface area contributed by atoms with Gasteiger partial charge >= 0.3 is 0 Å². The van der Waals surface area contributed by atoms with Crippen molar-refractivity contribution in [3.63, 3.8) is 0 Å². The molecule has 0 radical (unpaired) electrons. The first-order valence-electron chi connectivity index (χ1n) is 6.15. The number of benzene rings is 1. The maximum absolute atomic E-state index is 6.23. The van der Waals surface area contributed by atoms with Gasteiger partial charge in [0.05, 0.1) is 0 Å². The first kappa shape index (κ1) is 11.5. The van der Waals surface area contributed by atoms with E-state index in [2.05, 4.69) is 24.4 Å². The minimum absolute atomic E-state index is 0.634. The van der Waals surface area contributed by atoms with Crippen LogP contribution < -0.4 is 5.32 Å². The maximum Gasteiger partial charge on any atom is 0.0492 e. The van der Waals surface area contributed by atoms with Gasteiger partial charge in [-0.2, -0.15) is 0 Å². The van der Waals surface area contributed by atoms with Crippen LogP contribution in [0.25, 0.3) is 10.1 Å². The smallest absolute Gasteiger partial charge is 0.0492 e. The number of piperidine rings is 1. The molecule has 1 aliphatic rings. The zero-order valence-corrected chi connectivity index (χ0v) is 11.4. The highest BCUT2D eigenvalue weighted by atomic mass is 35.5. The van der Waals surface area contributed by atoms with E-state index in [1.807, 2.05) is 23.5 Å². The van der Waals surface area contributed by atoms with Gasteiger partial charge in [-0.1, -0.05) is 17.7 Å². The lowest BCUT2D eigenvalue weighted by atomic mass is 9.92. The van der Waals surface area contributed by atoms with Gasteiger partial charge in [0.1, 0.15) is 0 Å². The second-order valence-corrected chi connectivity index (χ2v) is 6.40. The van der Waals surface area contributed by atoms with Crippen LogP contribution in [-0.2, 0) is 0 Å². The quantitative estimate of drug-likeness (QED) is 0.805. The van der Waals surface area contributed by atoms with E-state index in [1.54, 1.807) is 0 Å². The van der Waals surface area contributed by atoms with Gasteiger partial charge in [-0.25, -0.2) is 0 Å². The van der Waals surface area contributed by atoms with Crippen LogP contribution in [0.3, 0.4) is 0 Å². The van der Waals surface area contributed by atoms with Crippen molar-refractivity contribution in [2.45, 2.75) is 31.7 Å². The Morgan fingerprint density at radius 2 is 2.29 bits per heavy atom. The van der Waals surface area contributed by atoms with Gasteiger partial charge in [-0.05, 0) is 50.4 Å². The lowest BCUT2D eigenvalue weighted by molar-refractivity contribution is 0.384. The molecule has 0 spiro atoms. The number of thiophene rings is 1. The fourth-order valence-electron chi connectivity index (χ4n) is 2.64. The molecule has 2 heterocycles. The van der Waals surface area contributed by atoms with E-state index in [9.17, 15) is 0 Å². The number of hydrogen-bond acceptors (Lipinski definition) is 2. The zero-order valence-electron chi connectivity index (χ0n) is 9.87. The highest BCUT2D eigenvalue weighted by Gasteiger charge is 2.21. The van der Waals surface area contributed by atoms with E-state index >= 15 is 0 Å². The molecule has 3 heteroatoms. The average molecular weight is 266 g/mol. The van der Waals surface area contributed by atoms with Crippen LogP contribution in [0.2, 0.25) is 5.02 Å². The standard InChI is InChI=1S/C14H16ClNS/c1-9-7-10(5-6-16-9)14-8-11-12(15)3-2-4-13(11)17-14/h2-4,8-10,16H,5-7H2,1H3/t9-,10+/m0/s1. The molecule has 2 atom stereocenters. The van der Waals surface area contributed by atoms with E-state index in [1.165, 1.54) is 27.8 Å². The number of fused-ring (bicyclic) bond motifs is 1. The molecule has 17 heavy (non-hydrogen) atoms. The molecule has 1 nitrogen and oxygen atoms in total. The highest BCUT2D eigenvalue weighted by molar-refractivity contribution is 7.19. The van der Waals surface area contributed by atoms with Gasteiger partial charge in [0.15, 0.2) is 0 Å². The largest absolute Gasteiger partial charge is 0.314 e. The summed E-state index contributed by atoms with van der Waals surface area (Å²) in [6, 6.07) is 9.11. The highest BCUT2D eigenvalue weighted by Crippen LogP contribution is 2.38. The van der Waals surface area contributed by atoms with E-state index in [4.69, 9.17) is 11.6 Å². The number of nitrogens with one attached hydrogen (secondary N) is 1. The van der Waals surface area contributed by atoms with Gasteiger partial charge in [0.2, 0.25) is 0 Å². The van der Waals surface area contributed by atoms with Crippen molar-refractivity contribution in [2.75, 3.05) is 6.54 Å². The number of halogens is 1. The predicted octanol–water partition coefficient (Wildman–Crippen LogP) is 4.41. The Morgan fingerprint density at radius 1 is 1.41 bits per heavy atom. The molecule has 1 N–H and O–H groups in total. The van der Waals surface area contributed by atoms with Gasteiger partial charge < -0.3 is 5.32 Å². The SMILES string of the molecule is C[C@H]1C[C@H](c2cc3c(Cl)cccc3s2)CCN1. The second kappa shape index (κ2) is 4.60. The Morgan fingerprint density at radius 3 is 3.06 bits per heavy atom. The molecule has 0 amide bonds. The van der Waals surface area contributed by atoms with Crippen LogP contribution in [0.4, 0.5) is 0 Å². The maximum atomic E-state index is 6.23. The van der Waals surface area contributed by atoms with Crippen LogP contribution in [-0.4, -0.2) is 12.6 Å². The zero-order chi connectivity index (χ0) is 11.8. The van der Waals surface area contributed by atoms with Crippen molar-refractivity contribution in [2.24, 2.45) is 0 Å². The van der Waals surface area contributed by atoms with E-state index in [0.717, 1.165) is 11.6 Å². The lowest BCUT2D eigenvalue weighted by Gasteiger charge is -2.27. The molecule has 1 saturated heterocycles. The van der Waals surface area contributed by atoms with Gasteiger partial charge in [0.25, 0.3) is 0 Å². The Hall–Kier alpha value is -0.570. The summed E-state index contributed by atoms with van der Waals surface area (Å²) in [6.45, 7) is 3.40. The Bertz CT molecular complexity index is 534. The molecule has 3 rings (SSSR count). The molecule has 2 aromatic rings. The molecule has 0 aliphatic carbocycles. The van der Waals surface area contributed by atoms with Crippen molar-refractivity contribution < 1.29 is 0 Å². The molecule has 1 fully saturated rings. The van der Waals surface area contributed by atoms with Gasteiger partial charge in [0, 0.05) is 26.0 Å². The molecule has 90 valence electrons. The third kappa shape index (κ3) is 2.22. The third-order valence-electron chi connectivity index (χ3n) is 3.55.